The first kappa shape index (κ1) is 19.5. The summed E-state index contributed by atoms with van der Waals surface area (Å²) in [5.74, 6) is -0.203. The molecular weight excluding hydrogens is 314 g/mol. The molecule has 2 amide bonds. The van der Waals surface area contributed by atoms with Gasteiger partial charge in [0.25, 0.3) is 0 Å². The second-order valence-corrected chi connectivity index (χ2v) is 6.24. The van der Waals surface area contributed by atoms with E-state index in [1.165, 1.54) is 0 Å². The maximum absolute atomic E-state index is 12.2. The van der Waals surface area contributed by atoms with Crippen LogP contribution in [0.5, 0.6) is 0 Å². The highest BCUT2D eigenvalue weighted by molar-refractivity contribution is 6.31. The first-order chi connectivity index (χ1) is 10.8. The zero-order valence-electron chi connectivity index (χ0n) is 14.2. The summed E-state index contributed by atoms with van der Waals surface area (Å²) in [6, 6.07) is 7.34. The summed E-state index contributed by atoms with van der Waals surface area (Å²) in [4.78, 5) is 25.8. The van der Waals surface area contributed by atoms with Gasteiger partial charge < -0.3 is 10.6 Å². The molecular formula is C17H26ClN3O2. The SMILES string of the molecule is CCN(CC(=O)NC(C)C)CC(=O)N[C@@H](C)c1ccccc1Cl. The predicted molar refractivity (Wildman–Crippen MR) is 93.4 cm³/mol. The molecule has 0 saturated heterocycles. The summed E-state index contributed by atoms with van der Waals surface area (Å²) >= 11 is 6.14. The molecule has 0 aliphatic rings. The average molecular weight is 340 g/mol. The lowest BCUT2D eigenvalue weighted by Gasteiger charge is -2.22. The van der Waals surface area contributed by atoms with E-state index in [-0.39, 0.29) is 37.0 Å². The number of rotatable bonds is 8. The molecule has 0 radical (unpaired) electrons. The molecule has 0 spiro atoms. The molecule has 128 valence electrons. The minimum Gasteiger partial charge on any atom is -0.353 e. The molecule has 0 bridgehead atoms. The van der Waals surface area contributed by atoms with Crippen molar-refractivity contribution in [3.05, 3.63) is 34.9 Å². The monoisotopic (exact) mass is 339 g/mol. The van der Waals surface area contributed by atoms with Gasteiger partial charge in [0, 0.05) is 11.1 Å². The van der Waals surface area contributed by atoms with Crippen molar-refractivity contribution in [2.45, 2.75) is 39.8 Å². The quantitative estimate of drug-likeness (QED) is 0.764. The summed E-state index contributed by atoms with van der Waals surface area (Å²) in [5, 5.41) is 6.37. The summed E-state index contributed by atoms with van der Waals surface area (Å²) in [7, 11) is 0. The van der Waals surface area contributed by atoms with Gasteiger partial charge in [0.05, 0.1) is 19.1 Å². The van der Waals surface area contributed by atoms with Crippen molar-refractivity contribution in [2.75, 3.05) is 19.6 Å². The molecule has 0 aromatic heterocycles. The van der Waals surface area contributed by atoms with Crippen molar-refractivity contribution in [2.24, 2.45) is 0 Å². The molecule has 1 aromatic carbocycles. The number of nitrogens with one attached hydrogen (secondary N) is 2. The van der Waals surface area contributed by atoms with E-state index in [1.807, 2.05) is 45.9 Å². The van der Waals surface area contributed by atoms with Gasteiger partial charge in [-0.25, -0.2) is 0 Å². The van der Waals surface area contributed by atoms with Crippen LogP contribution in [0.25, 0.3) is 0 Å². The van der Waals surface area contributed by atoms with Crippen molar-refractivity contribution >= 4 is 23.4 Å². The Morgan fingerprint density at radius 2 is 1.65 bits per heavy atom. The van der Waals surface area contributed by atoms with E-state index in [0.717, 1.165) is 5.56 Å². The lowest BCUT2D eigenvalue weighted by atomic mass is 10.1. The Hall–Kier alpha value is -1.59. The Morgan fingerprint density at radius 1 is 1.09 bits per heavy atom. The number of carbonyl (C=O) groups is 2. The van der Waals surface area contributed by atoms with Gasteiger partial charge in [0.15, 0.2) is 0 Å². The average Bonchev–Trinajstić information content (AvgIpc) is 2.45. The standard InChI is InChI=1S/C17H26ClN3O2/c1-5-21(10-16(22)19-12(2)3)11-17(23)20-13(4)14-8-6-7-9-15(14)18/h6-9,12-13H,5,10-11H2,1-4H3,(H,19,22)(H,20,23)/t13-/m0/s1. The molecule has 2 N–H and O–H groups in total. The minimum absolute atomic E-state index is 0.0752. The molecule has 5 nitrogen and oxygen atoms in total. The second kappa shape index (κ2) is 9.53. The van der Waals surface area contributed by atoms with Crippen LogP contribution in [0.3, 0.4) is 0 Å². The molecule has 1 atom stereocenters. The smallest absolute Gasteiger partial charge is 0.234 e. The molecule has 23 heavy (non-hydrogen) atoms. The van der Waals surface area contributed by atoms with Crippen LogP contribution in [0.15, 0.2) is 24.3 Å². The van der Waals surface area contributed by atoms with E-state index in [9.17, 15) is 9.59 Å². The first-order valence-electron chi connectivity index (χ1n) is 7.89. The normalized spacial score (nSPS) is 12.3. The van der Waals surface area contributed by atoms with Gasteiger partial charge in [-0.2, -0.15) is 0 Å². The van der Waals surface area contributed by atoms with Crippen LogP contribution in [-0.4, -0.2) is 42.4 Å². The van der Waals surface area contributed by atoms with Gasteiger partial charge in [0.2, 0.25) is 11.8 Å². The summed E-state index contributed by atoms with van der Waals surface area (Å²) in [5.41, 5.74) is 0.878. The minimum atomic E-state index is -0.181. The largest absolute Gasteiger partial charge is 0.353 e. The Labute approximate surface area is 143 Å². The molecule has 0 unspecified atom stereocenters. The highest BCUT2D eigenvalue weighted by atomic mass is 35.5. The van der Waals surface area contributed by atoms with E-state index in [4.69, 9.17) is 11.6 Å². The van der Waals surface area contributed by atoms with Gasteiger partial charge in [-0.15, -0.1) is 0 Å². The molecule has 6 heteroatoms. The van der Waals surface area contributed by atoms with Crippen LogP contribution >= 0.6 is 11.6 Å². The van der Waals surface area contributed by atoms with E-state index < -0.39 is 0 Å². The molecule has 0 saturated carbocycles. The van der Waals surface area contributed by atoms with Gasteiger partial charge >= 0.3 is 0 Å². The van der Waals surface area contributed by atoms with E-state index >= 15 is 0 Å². The number of carbonyl (C=O) groups excluding carboxylic acids is 2. The molecule has 0 fully saturated rings. The topological polar surface area (TPSA) is 61.4 Å². The Balaban J connectivity index is 2.53. The fraction of sp³-hybridized carbons (Fsp3) is 0.529. The van der Waals surface area contributed by atoms with Crippen LogP contribution in [0, 0.1) is 0 Å². The summed E-state index contributed by atoms with van der Waals surface area (Å²) in [6.07, 6.45) is 0. The van der Waals surface area contributed by atoms with Gasteiger partial charge in [-0.1, -0.05) is 36.7 Å². The number of hydrogen-bond acceptors (Lipinski definition) is 3. The number of benzene rings is 1. The molecule has 1 aromatic rings. The zero-order chi connectivity index (χ0) is 17.4. The number of hydrogen-bond donors (Lipinski definition) is 2. The molecule has 1 rings (SSSR count). The lowest BCUT2D eigenvalue weighted by Crippen LogP contribution is -2.44. The van der Waals surface area contributed by atoms with Gasteiger partial charge in [-0.3, -0.25) is 14.5 Å². The second-order valence-electron chi connectivity index (χ2n) is 5.84. The highest BCUT2D eigenvalue weighted by Crippen LogP contribution is 2.21. The number of amides is 2. The van der Waals surface area contributed by atoms with Crippen LogP contribution in [0.4, 0.5) is 0 Å². The molecule has 0 aliphatic heterocycles. The predicted octanol–water partition coefficient (Wildman–Crippen LogP) is 2.36. The summed E-state index contributed by atoms with van der Waals surface area (Å²) in [6.45, 7) is 8.64. The van der Waals surface area contributed by atoms with E-state index in [1.54, 1.807) is 11.0 Å². The first-order valence-corrected chi connectivity index (χ1v) is 8.26. The van der Waals surface area contributed by atoms with Gasteiger partial charge in [0.1, 0.15) is 0 Å². The lowest BCUT2D eigenvalue weighted by molar-refractivity contribution is -0.125. The summed E-state index contributed by atoms with van der Waals surface area (Å²) < 4.78 is 0. The third-order valence-corrected chi connectivity index (χ3v) is 3.72. The third kappa shape index (κ3) is 7.01. The number of halogens is 1. The molecule has 0 aliphatic carbocycles. The maximum Gasteiger partial charge on any atom is 0.234 e. The van der Waals surface area contributed by atoms with E-state index in [2.05, 4.69) is 10.6 Å². The van der Waals surface area contributed by atoms with Crippen LogP contribution < -0.4 is 10.6 Å². The highest BCUT2D eigenvalue weighted by Gasteiger charge is 2.16. The van der Waals surface area contributed by atoms with E-state index in [0.29, 0.717) is 11.6 Å². The Bertz CT molecular complexity index is 534. The fourth-order valence-corrected chi connectivity index (χ4v) is 2.54. The van der Waals surface area contributed by atoms with Crippen molar-refractivity contribution in [3.8, 4) is 0 Å². The Kier molecular flexibility index (Phi) is 8.06. The fourth-order valence-electron chi connectivity index (χ4n) is 2.24. The van der Waals surface area contributed by atoms with Crippen molar-refractivity contribution in [1.82, 2.24) is 15.5 Å². The van der Waals surface area contributed by atoms with Crippen LogP contribution in [-0.2, 0) is 9.59 Å². The Morgan fingerprint density at radius 3 is 2.17 bits per heavy atom. The zero-order valence-corrected chi connectivity index (χ0v) is 15.0. The van der Waals surface area contributed by atoms with Crippen molar-refractivity contribution < 1.29 is 9.59 Å². The van der Waals surface area contributed by atoms with Crippen molar-refractivity contribution in [1.29, 1.82) is 0 Å². The van der Waals surface area contributed by atoms with Gasteiger partial charge in [-0.05, 0) is 38.9 Å². The number of nitrogens with zero attached hydrogens (tertiary/aromatic N) is 1. The van der Waals surface area contributed by atoms with Crippen LogP contribution in [0.1, 0.15) is 39.3 Å². The molecule has 0 heterocycles. The number of likely N-dealkylation sites (N-methyl/N-ethyl adjacent to an activating group) is 1. The maximum atomic E-state index is 12.2. The third-order valence-electron chi connectivity index (χ3n) is 3.38. The van der Waals surface area contributed by atoms with Crippen molar-refractivity contribution in [3.63, 3.8) is 0 Å². The van der Waals surface area contributed by atoms with Crippen LogP contribution in [0.2, 0.25) is 5.02 Å².